The predicted molar refractivity (Wildman–Crippen MR) is 90.3 cm³/mol. The van der Waals surface area contributed by atoms with Crippen molar-refractivity contribution in [3.8, 4) is 0 Å². The first-order valence-electron chi connectivity index (χ1n) is 7.44. The molecule has 0 fully saturated rings. The van der Waals surface area contributed by atoms with Gasteiger partial charge in [0, 0.05) is 11.0 Å². The zero-order valence-corrected chi connectivity index (χ0v) is 15.2. The molecule has 1 aromatic carbocycles. The lowest BCUT2D eigenvalue weighted by Crippen LogP contribution is -2.38. The minimum Gasteiger partial charge on any atom is -0.366 e. The van der Waals surface area contributed by atoms with Crippen molar-refractivity contribution in [3.63, 3.8) is 0 Å². The Hall–Kier alpha value is -0.870. The largest absolute Gasteiger partial charge is 0.366 e. The third kappa shape index (κ3) is 5.79. The zero-order chi connectivity index (χ0) is 16.0. The molecule has 0 aliphatic carbocycles. The molecular weight excluding hydrogens is 330 g/mol. The van der Waals surface area contributed by atoms with Gasteiger partial charge in [0.2, 0.25) is 5.91 Å². The summed E-state index contributed by atoms with van der Waals surface area (Å²) in [5.41, 5.74) is 0.819. The Labute approximate surface area is 136 Å². The van der Waals surface area contributed by atoms with Gasteiger partial charge in [0.1, 0.15) is 6.61 Å². The van der Waals surface area contributed by atoms with Crippen LogP contribution in [0.4, 0.5) is 0 Å². The number of rotatable bonds is 6. The maximum absolute atomic E-state index is 12.5. The molecule has 0 aliphatic rings. The standard InChI is InChI=1S/C17H26BrNO2/c1-6-11-19(16(20)12-21-17(3,4)5)13(2)14-9-7-8-10-15(14)18/h7-10,13H,6,11-12H2,1-5H3. The number of carbonyl (C=O) groups is 1. The van der Waals surface area contributed by atoms with Crippen molar-refractivity contribution in [3.05, 3.63) is 34.3 Å². The first kappa shape index (κ1) is 18.2. The number of ether oxygens (including phenoxy) is 1. The van der Waals surface area contributed by atoms with Gasteiger partial charge in [-0.1, -0.05) is 41.1 Å². The number of amides is 1. The minimum atomic E-state index is -0.301. The molecule has 0 radical (unpaired) electrons. The van der Waals surface area contributed by atoms with Crippen LogP contribution in [0.25, 0.3) is 0 Å². The second kappa shape index (κ2) is 7.95. The lowest BCUT2D eigenvalue weighted by molar-refractivity contribution is -0.143. The maximum atomic E-state index is 12.5. The van der Waals surface area contributed by atoms with E-state index in [1.54, 1.807) is 0 Å². The van der Waals surface area contributed by atoms with E-state index in [4.69, 9.17) is 4.74 Å². The van der Waals surface area contributed by atoms with Gasteiger partial charge >= 0.3 is 0 Å². The van der Waals surface area contributed by atoms with E-state index in [9.17, 15) is 4.79 Å². The van der Waals surface area contributed by atoms with Crippen LogP contribution in [-0.4, -0.2) is 29.6 Å². The summed E-state index contributed by atoms with van der Waals surface area (Å²) < 4.78 is 6.66. The van der Waals surface area contributed by atoms with Gasteiger partial charge in [-0.05, 0) is 45.7 Å². The van der Waals surface area contributed by atoms with Crippen molar-refractivity contribution in [2.45, 2.75) is 52.7 Å². The van der Waals surface area contributed by atoms with Crippen LogP contribution in [0.15, 0.2) is 28.7 Å². The second-order valence-electron chi connectivity index (χ2n) is 6.19. The summed E-state index contributed by atoms with van der Waals surface area (Å²) in [5.74, 6) is 0.0371. The quantitative estimate of drug-likeness (QED) is 0.748. The van der Waals surface area contributed by atoms with Crippen LogP contribution in [0.3, 0.4) is 0 Å². The molecule has 1 amide bonds. The molecule has 21 heavy (non-hydrogen) atoms. The van der Waals surface area contributed by atoms with E-state index in [1.165, 1.54) is 0 Å². The predicted octanol–water partition coefficient (Wildman–Crippen LogP) is 4.56. The van der Waals surface area contributed by atoms with Crippen LogP contribution in [-0.2, 0) is 9.53 Å². The Morgan fingerprint density at radius 1 is 1.33 bits per heavy atom. The second-order valence-corrected chi connectivity index (χ2v) is 7.04. The minimum absolute atomic E-state index is 0.0246. The van der Waals surface area contributed by atoms with Gasteiger partial charge in [0.25, 0.3) is 0 Å². The highest BCUT2D eigenvalue weighted by Crippen LogP contribution is 2.27. The fourth-order valence-electron chi connectivity index (χ4n) is 2.12. The van der Waals surface area contributed by atoms with E-state index >= 15 is 0 Å². The summed E-state index contributed by atoms with van der Waals surface area (Å²) in [6.45, 7) is 10.9. The molecule has 0 saturated carbocycles. The normalized spacial score (nSPS) is 13.0. The molecule has 0 saturated heterocycles. The monoisotopic (exact) mass is 355 g/mol. The SMILES string of the molecule is CCCN(C(=O)COC(C)(C)C)C(C)c1ccccc1Br. The molecule has 1 unspecified atom stereocenters. The molecular formula is C17H26BrNO2. The average Bonchev–Trinajstić information content (AvgIpc) is 2.41. The summed E-state index contributed by atoms with van der Waals surface area (Å²) in [5, 5.41) is 0. The summed E-state index contributed by atoms with van der Waals surface area (Å²) in [7, 11) is 0. The number of benzene rings is 1. The van der Waals surface area contributed by atoms with Crippen LogP contribution >= 0.6 is 15.9 Å². The maximum Gasteiger partial charge on any atom is 0.249 e. The van der Waals surface area contributed by atoms with E-state index < -0.39 is 0 Å². The van der Waals surface area contributed by atoms with E-state index in [1.807, 2.05) is 43.9 Å². The van der Waals surface area contributed by atoms with Crippen molar-refractivity contribution >= 4 is 21.8 Å². The highest BCUT2D eigenvalue weighted by molar-refractivity contribution is 9.10. The molecule has 4 heteroatoms. The van der Waals surface area contributed by atoms with Crippen LogP contribution in [0, 0.1) is 0 Å². The van der Waals surface area contributed by atoms with Gasteiger partial charge < -0.3 is 9.64 Å². The van der Waals surface area contributed by atoms with Gasteiger partial charge in [0.05, 0.1) is 11.6 Å². The smallest absolute Gasteiger partial charge is 0.249 e. The fraction of sp³-hybridized carbons (Fsp3) is 0.588. The molecule has 0 heterocycles. The molecule has 0 spiro atoms. The number of nitrogens with zero attached hydrogens (tertiary/aromatic N) is 1. The van der Waals surface area contributed by atoms with Crippen molar-refractivity contribution < 1.29 is 9.53 Å². The highest BCUT2D eigenvalue weighted by Gasteiger charge is 2.23. The van der Waals surface area contributed by atoms with E-state index in [0.29, 0.717) is 0 Å². The Morgan fingerprint density at radius 2 is 1.95 bits per heavy atom. The summed E-state index contributed by atoms with van der Waals surface area (Å²) in [6.07, 6.45) is 0.927. The van der Waals surface area contributed by atoms with Crippen LogP contribution in [0.2, 0.25) is 0 Å². The molecule has 3 nitrogen and oxygen atoms in total. The van der Waals surface area contributed by atoms with Gasteiger partial charge in [-0.3, -0.25) is 4.79 Å². The van der Waals surface area contributed by atoms with Crippen molar-refractivity contribution in [1.82, 2.24) is 4.90 Å². The molecule has 0 bridgehead atoms. The van der Waals surface area contributed by atoms with E-state index in [0.717, 1.165) is 23.0 Å². The van der Waals surface area contributed by atoms with Crippen LogP contribution in [0.5, 0.6) is 0 Å². The lowest BCUT2D eigenvalue weighted by Gasteiger charge is -2.31. The Morgan fingerprint density at radius 3 is 2.48 bits per heavy atom. The highest BCUT2D eigenvalue weighted by atomic mass is 79.9. The number of hydrogen-bond acceptors (Lipinski definition) is 2. The van der Waals surface area contributed by atoms with Crippen molar-refractivity contribution in [2.24, 2.45) is 0 Å². The first-order valence-corrected chi connectivity index (χ1v) is 8.23. The van der Waals surface area contributed by atoms with Crippen LogP contribution < -0.4 is 0 Å². The first-order chi connectivity index (χ1) is 9.76. The topological polar surface area (TPSA) is 29.5 Å². The molecule has 0 aromatic heterocycles. The summed E-state index contributed by atoms with van der Waals surface area (Å²) in [6, 6.07) is 8.06. The molecule has 118 valence electrons. The van der Waals surface area contributed by atoms with Gasteiger partial charge in [-0.2, -0.15) is 0 Å². The third-order valence-electron chi connectivity index (χ3n) is 3.24. The van der Waals surface area contributed by atoms with E-state index in [2.05, 4.69) is 35.8 Å². The Balaban J connectivity index is 2.85. The molecule has 1 atom stereocenters. The zero-order valence-electron chi connectivity index (χ0n) is 13.6. The molecule has 1 aromatic rings. The van der Waals surface area contributed by atoms with Crippen molar-refractivity contribution in [2.75, 3.05) is 13.2 Å². The number of halogens is 1. The number of hydrogen-bond donors (Lipinski definition) is 0. The van der Waals surface area contributed by atoms with Gasteiger partial charge in [-0.15, -0.1) is 0 Å². The van der Waals surface area contributed by atoms with Crippen LogP contribution in [0.1, 0.15) is 52.6 Å². The van der Waals surface area contributed by atoms with Gasteiger partial charge in [0.15, 0.2) is 0 Å². The molecule has 0 N–H and O–H groups in total. The average molecular weight is 356 g/mol. The Bertz CT molecular complexity index is 468. The lowest BCUT2D eigenvalue weighted by atomic mass is 10.1. The van der Waals surface area contributed by atoms with Gasteiger partial charge in [-0.25, -0.2) is 0 Å². The van der Waals surface area contributed by atoms with E-state index in [-0.39, 0.29) is 24.2 Å². The van der Waals surface area contributed by atoms with Crippen molar-refractivity contribution in [1.29, 1.82) is 0 Å². The number of carbonyl (C=O) groups excluding carboxylic acids is 1. The third-order valence-corrected chi connectivity index (χ3v) is 3.96. The summed E-state index contributed by atoms with van der Waals surface area (Å²) >= 11 is 3.57. The Kier molecular flexibility index (Phi) is 6.88. The molecule has 1 rings (SSSR count). The fourth-order valence-corrected chi connectivity index (χ4v) is 2.73. The molecule has 0 aliphatic heterocycles. The summed E-state index contributed by atoms with van der Waals surface area (Å²) in [4.78, 5) is 14.4.